The zero-order valence-electron chi connectivity index (χ0n) is 16.1. The van der Waals surface area contributed by atoms with E-state index in [1.807, 2.05) is 31.2 Å². The van der Waals surface area contributed by atoms with E-state index < -0.39 is 0 Å². The summed E-state index contributed by atoms with van der Waals surface area (Å²) in [4.78, 5) is 4.52. The Morgan fingerprint density at radius 1 is 1.11 bits per heavy atom. The number of benzene rings is 1. The average molecular weight is 487 g/mol. The van der Waals surface area contributed by atoms with E-state index in [1.165, 1.54) is 5.56 Å². The Labute approximate surface area is 178 Å². The molecule has 6 nitrogen and oxygen atoms in total. The summed E-state index contributed by atoms with van der Waals surface area (Å²) in [7, 11) is 1.68. The smallest absolute Gasteiger partial charge is 0.191 e. The lowest BCUT2D eigenvalue weighted by atomic mass is 10.1. The van der Waals surface area contributed by atoms with Crippen LogP contribution in [0, 0.1) is 0 Å². The summed E-state index contributed by atoms with van der Waals surface area (Å²) in [5.41, 5.74) is 1.23. The zero-order chi connectivity index (χ0) is 18.5. The first-order valence-electron chi connectivity index (χ1n) is 9.07. The third-order valence-electron chi connectivity index (χ3n) is 3.72. The monoisotopic (exact) mass is 487 g/mol. The maximum absolute atomic E-state index is 5.55. The average Bonchev–Trinajstić information content (AvgIpc) is 3.16. The van der Waals surface area contributed by atoms with E-state index in [4.69, 9.17) is 13.9 Å². The normalized spacial score (nSPS) is 11.0. The first-order chi connectivity index (χ1) is 12.8. The molecule has 0 saturated heterocycles. The van der Waals surface area contributed by atoms with E-state index in [0.29, 0.717) is 19.8 Å². The van der Waals surface area contributed by atoms with Gasteiger partial charge in [0, 0.05) is 26.6 Å². The number of hydrogen-bond acceptors (Lipinski definition) is 4. The van der Waals surface area contributed by atoms with Crippen LogP contribution in [0.4, 0.5) is 0 Å². The van der Waals surface area contributed by atoms with E-state index >= 15 is 0 Å². The molecule has 2 rings (SSSR count). The molecule has 0 fully saturated rings. The number of nitrogens with one attached hydrogen (secondary N) is 2. The molecular formula is C20H30IN3O3. The lowest BCUT2D eigenvalue weighted by Gasteiger charge is -2.13. The lowest BCUT2D eigenvalue weighted by Crippen LogP contribution is -2.39. The highest BCUT2D eigenvalue weighted by molar-refractivity contribution is 14.0. The van der Waals surface area contributed by atoms with Gasteiger partial charge < -0.3 is 24.5 Å². The Morgan fingerprint density at radius 2 is 1.93 bits per heavy atom. The molecule has 0 aliphatic rings. The molecule has 1 aromatic heterocycles. The molecule has 0 atom stereocenters. The fourth-order valence-electron chi connectivity index (χ4n) is 2.46. The molecule has 0 aliphatic heterocycles. The zero-order valence-corrected chi connectivity index (χ0v) is 18.4. The van der Waals surface area contributed by atoms with Crippen LogP contribution in [0.25, 0.3) is 0 Å². The van der Waals surface area contributed by atoms with Gasteiger partial charge in [0.15, 0.2) is 5.96 Å². The van der Waals surface area contributed by atoms with Gasteiger partial charge in [-0.3, -0.25) is 4.99 Å². The highest BCUT2D eigenvalue weighted by Crippen LogP contribution is 2.13. The summed E-state index contributed by atoms with van der Waals surface area (Å²) < 4.78 is 16.0. The van der Waals surface area contributed by atoms with Crippen LogP contribution in [0.5, 0.6) is 5.75 Å². The van der Waals surface area contributed by atoms with E-state index in [0.717, 1.165) is 43.4 Å². The lowest BCUT2D eigenvalue weighted by molar-refractivity contribution is 0.208. The number of furan rings is 1. The minimum Gasteiger partial charge on any atom is -0.494 e. The number of hydrogen-bond donors (Lipinski definition) is 2. The van der Waals surface area contributed by atoms with Crippen LogP contribution >= 0.6 is 24.0 Å². The largest absolute Gasteiger partial charge is 0.494 e. The predicted molar refractivity (Wildman–Crippen MR) is 119 cm³/mol. The maximum atomic E-state index is 5.55. The van der Waals surface area contributed by atoms with Gasteiger partial charge in [0.05, 0.1) is 26.0 Å². The second-order valence-corrected chi connectivity index (χ2v) is 5.74. The summed E-state index contributed by atoms with van der Waals surface area (Å²) in [5, 5.41) is 6.70. The summed E-state index contributed by atoms with van der Waals surface area (Å²) >= 11 is 0. The van der Waals surface area contributed by atoms with Crippen molar-refractivity contribution in [1.82, 2.24) is 10.6 Å². The van der Waals surface area contributed by atoms with Gasteiger partial charge in [0.25, 0.3) is 0 Å². The number of nitrogens with zero attached hydrogens (tertiary/aromatic N) is 1. The van der Waals surface area contributed by atoms with Gasteiger partial charge in [-0.2, -0.15) is 0 Å². The predicted octanol–water partition coefficient (Wildman–Crippen LogP) is 3.26. The molecule has 2 aromatic rings. The van der Waals surface area contributed by atoms with E-state index in [9.17, 15) is 0 Å². The molecule has 2 N–H and O–H groups in total. The highest BCUT2D eigenvalue weighted by Gasteiger charge is 2.02. The summed E-state index contributed by atoms with van der Waals surface area (Å²) in [6.07, 6.45) is 3.40. The second-order valence-electron chi connectivity index (χ2n) is 5.74. The van der Waals surface area contributed by atoms with E-state index in [2.05, 4.69) is 27.8 Å². The molecule has 0 aliphatic carbocycles. The molecule has 0 saturated carbocycles. The summed E-state index contributed by atoms with van der Waals surface area (Å²) in [5.74, 6) is 2.66. The van der Waals surface area contributed by atoms with Gasteiger partial charge in [-0.25, -0.2) is 0 Å². The van der Waals surface area contributed by atoms with Gasteiger partial charge >= 0.3 is 0 Å². The van der Waals surface area contributed by atoms with Gasteiger partial charge in [0.2, 0.25) is 0 Å². The van der Waals surface area contributed by atoms with Crippen molar-refractivity contribution in [2.24, 2.45) is 4.99 Å². The highest BCUT2D eigenvalue weighted by atomic mass is 127. The third-order valence-corrected chi connectivity index (χ3v) is 3.72. The number of halogens is 1. The SMILES string of the molecule is CCOc1cccc(CCNC(=NCCOC)NCCc2ccco2)c1.I. The van der Waals surface area contributed by atoms with Crippen molar-refractivity contribution in [3.8, 4) is 5.75 Å². The van der Waals surface area contributed by atoms with Gasteiger partial charge in [-0.05, 0) is 43.2 Å². The Bertz CT molecular complexity index is 648. The Morgan fingerprint density at radius 3 is 2.63 bits per heavy atom. The van der Waals surface area contributed by atoms with E-state index in [-0.39, 0.29) is 24.0 Å². The van der Waals surface area contributed by atoms with Crippen LogP contribution in [0.1, 0.15) is 18.2 Å². The third kappa shape index (κ3) is 9.67. The molecular weight excluding hydrogens is 457 g/mol. The molecule has 1 aromatic carbocycles. The Kier molecular flexibility index (Phi) is 12.4. The molecule has 0 radical (unpaired) electrons. The number of ether oxygens (including phenoxy) is 2. The maximum Gasteiger partial charge on any atom is 0.191 e. The van der Waals surface area contributed by atoms with E-state index in [1.54, 1.807) is 13.4 Å². The number of guanidine groups is 1. The van der Waals surface area contributed by atoms with Crippen LogP contribution in [-0.4, -0.2) is 45.9 Å². The van der Waals surface area contributed by atoms with Crippen molar-refractivity contribution in [3.63, 3.8) is 0 Å². The standard InChI is InChI=1S/C20H29N3O3.HI/c1-3-25-19-7-4-6-17(16-19)9-11-21-20(23-13-15-24-2)22-12-10-18-8-5-14-26-18;/h4-8,14,16H,3,9-13,15H2,1-2H3,(H2,21,22,23);1H. The minimum atomic E-state index is 0. The Hall–Kier alpha value is -1.74. The molecule has 0 unspecified atom stereocenters. The molecule has 0 bridgehead atoms. The molecule has 1 heterocycles. The van der Waals surface area contributed by atoms with Gasteiger partial charge in [-0.1, -0.05) is 12.1 Å². The van der Waals surface area contributed by atoms with Crippen molar-refractivity contribution in [2.75, 3.05) is 40.0 Å². The fraction of sp³-hybridized carbons (Fsp3) is 0.450. The van der Waals surface area contributed by atoms with Gasteiger partial charge in [0.1, 0.15) is 11.5 Å². The van der Waals surface area contributed by atoms with Crippen LogP contribution in [0.3, 0.4) is 0 Å². The molecule has 7 heteroatoms. The first kappa shape index (κ1) is 23.3. The van der Waals surface area contributed by atoms with Crippen LogP contribution in [0.2, 0.25) is 0 Å². The van der Waals surface area contributed by atoms with Crippen molar-refractivity contribution in [3.05, 3.63) is 54.0 Å². The molecule has 150 valence electrons. The molecule has 0 spiro atoms. The molecule has 0 amide bonds. The second kappa shape index (κ2) is 14.3. The van der Waals surface area contributed by atoms with Crippen molar-refractivity contribution in [2.45, 2.75) is 19.8 Å². The van der Waals surface area contributed by atoms with Crippen LogP contribution in [0.15, 0.2) is 52.1 Å². The topological polar surface area (TPSA) is 68.0 Å². The fourth-order valence-corrected chi connectivity index (χ4v) is 2.46. The van der Waals surface area contributed by atoms with Crippen LogP contribution in [-0.2, 0) is 17.6 Å². The number of methoxy groups -OCH3 is 1. The van der Waals surface area contributed by atoms with Crippen molar-refractivity contribution >= 4 is 29.9 Å². The summed E-state index contributed by atoms with van der Waals surface area (Å²) in [6, 6.07) is 12.1. The van der Waals surface area contributed by atoms with Crippen molar-refractivity contribution < 1.29 is 13.9 Å². The quantitative estimate of drug-likeness (QED) is 0.221. The van der Waals surface area contributed by atoms with Crippen molar-refractivity contribution in [1.29, 1.82) is 0 Å². The summed E-state index contributed by atoms with van der Waals surface area (Å²) in [6.45, 7) is 5.43. The first-order valence-corrected chi connectivity index (χ1v) is 9.07. The van der Waals surface area contributed by atoms with Crippen LogP contribution < -0.4 is 15.4 Å². The number of rotatable bonds is 11. The molecule has 27 heavy (non-hydrogen) atoms. The Balaban J connectivity index is 0.00000364. The minimum absolute atomic E-state index is 0. The number of aliphatic imine (C=N–C) groups is 1. The van der Waals surface area contributed by atoms with Gasteiger partial charge in [-0.15, -0.1) is 24.0 Å².